The van der Waals surface area contributed by atoms with Crippen LogP contribution in [0.1, 0.15) is 50.0 Å². The van der Waals surface area contributed by atoms with Crippen molar-refractivity contribution >= 4 is 21.8 Å². The number of imide groups is 1. The fraction of sp³-hybridized carbons (Fsp3) is 0.600. The Labute approximate surface area is 166 Å². The number of benzene rings is 1. The first kappa shape index (κ1) is 20.8. The van der Waals surface area contributed by atoms with Crippen LogP contribution in [-0.4, -0.2) is 61.9 Å². The lowest BCUT2D eigenvalue weighted by Crippen LogP contribution is -2.45. The fourth-order valence-electron chi connectivity index (χ4n) is 3.89. The highest BCUT2D eigenvalue weighted by Gasteiger charge is 2.31. The van der Waals surface area contributed by atoms with E-state index in [-0.39, 0.29) is 30.0 Å². The van der Waals surface area contributed by atoms with Gasteiger partial charge in [0.05, 0.1) is 12.9 Å². The van der Waals surface area contributed by atoms with Gasteiger partial charge in [0, 0.05) is 32.5 Å². The molecule has 1 aromatic carbocycles. The molecule has 0 N–H and O–H groups in total. The van der Waals surface area contributed by atoms with Crippen LogP contribution in [0, 0.1) is 0 Å². The van der Waals surface area contributed by atoms with Crippen LogP contribution >= 0.6 is 0 Å². The number of hydrogen-bond donors (Lipinski definition) is 0. The molecule has 28 heavy (non-hydrogen) atoms. The van der Waals surface area contributed by atoms with E-state index in [4.69, 9.17) is 4.74 Å². The number of ether oxygens (including phenoxy) is 1. The van der Waals surface area contributed by atoms with Crippen LogP contribution in [0.2, 0.25) is 0 Å². The average Bonchev–Trinajstić information content (AvgIpc) is 2.94. The van der Waals surface area contributed by atoms with Crippen LogP contribution in [0.4, 0.5) is 0 Å². The smallest absolute Gasteiger partial charge is 0.229 e. The predicted molar refractivity (Wildman–Crippen MR) is 106 cm³/mol. The summed E-state index contributed by atoms with van der Waals surface area (Å²) in [5.74, 6) is 0.163. The molecule has 2 heterocycles. The van der Waals surface area contributed by atoms with E-state index >= 15 is 0 Å². The van der Waals surface area contributed by atoms with E-state index in [9.17, 15) is 18.0 Å². The van der Waals surface area contributed by atoms with Gasteiger partial charge in [-0.1, -0.05) is 18.6 Å². The molecule has 0 radical (unpaired) electrons. The Morgan fingerprint density at radius 2 is 1.71 bits per heavy atom. The number of hydrogen-bond acceptors (Lipinski definition) is 5. The molecule has 2 amide bonds. The van der Waals surface area contributed by atoms with Gasteiger partial charge in [-0.25, -0.2) is 12.7 Å². The molecule has 0 aromatic heterocycles. The second-order valence-corrected chi connectivity index (χ2v) is 9.52. The lowest BCUT2D eigenvalue weighted by atomic mass is 9.94. The molecule has 0 saturated carbocycles. The van der Waals surface area contributed by atoms with Gasteiger partial charge in [-0.2, -0.15) is 0 Å². The Kier molecular flexibility index (Phi) is 6.72. The van der Waals surface area contributed by atoms with Crippen molar-refractivity contribution in [2.45, 2.75) is 44.4 Å². The first-order valence-electron chi connectivity index (χ1n) is 9.85. The quantitative estimate of drug-likeness (QED) is 0.674. The van der Waals surface area contributed by atoms with Crippen LogP contribution in [0.25, 0.3) is 0 Å². The largest absolute Gasteiger partial charge is 0.497 e. The van der Waals surface area contributed by atoms with E-state index in [0.717, 1.165) is 35.5 Å². The maximum atomic E-state index is 12.9. The molecular formula is C20H28N2O5S. The SMILES string of the molecule is COc1ccc(C2CCCCN(S(=O)(=O)CCN3C(=O)CCCC3=O)C2)cc1. The van der Waals surface area contributed by atoms with Crippen molar-refractivity contribution < 1.29 is 22.7 Å². The Hall–Kier alpha value is -1.93. The summed E-state index contributed by atoms with van der Waals surface area (Å²) < 4.78 is 32.6. The van der Waals surface area contributed by atoms with Crippen molar-refractivity contribution in [1.29, 1.82) is 0 Å². The summed E-state index contributed by atoms with van der Waals surface area (Å²) in [6.45, 7) is 0.858. The first-order valence-corrected chi connectivity index (χ1v) is 11.5. The number of amides is 2. The van der Waals surface area contributed by atoms with E-state index in [2.05, 4.69) is 0 Å². The van der Waals surface area contributed by atoms with Gasteiger partial charge in [0.2, 0.25) is 21.8 Å². The standard InChI is InChI=1S/C20H28N2O5S/c1-27-18-10-8-16(9-11-18)17-5-2-3-12-21(15-17)28(25,26)14-13-22-19(23)6-4-7-20(22)24/h8-11,17H,2-7,12-15H2,1H3. The van der Waals surface area contributed by atoms with Crippen LogP contribution in [0.15, 0.2) is 24.3 Å². The van der Waals surface area contributed by atoms with Gasteiger partial charge in [-0.3, -0.25) is 14.5 Å². The summed E-state index contributed by atoms with van der Waals surface area (Å²) in [7, 11) is -1.93. The molecule has 2 aliphatic heterocycles. The number of likely N-dealkylation sites (tertiary alicyclic amines) is 1. The number of nitrogens with zero attached hydrogens (tertiary/aromatic N) is 2. The predicted octanol–water partition coefficient (Wildman–Crippen LogP) is 2.13. The number of methoxy groups -OCH3 is 1. The van der Waals surface area contributed by atoms with Gasteiger partial charge >= 0.3 is 0 Å². The number of piperidine rings is 1. The fourth-order valence-corrected chi connectivity index (χ4v) is 5.38. The van der Waals surface area contributed by atoms with Crippen molar-refractivity contribution in [3.8, 4) is 5.75 Å². The van der Waals surface area contributed by atoms with E-state index in [0.29, 0.717) is 32.4 Å². The van der Waals surface area contributed by atoms with Crippen LogP contribution < -0.4 is 4.74 Å². The van der Waals surface area contributed by atoms with Crippen LogP contribution in [-0.2, 0) is 19.6 Å². The number of sulfonamides is 1. The van der Waals surface area contributed by atoms with E-state index in [1.165, 1.54) is 4.31 Å². The van der Waals surface area contributed by atoms with Crippen molar-refractivity contribution in [2.24, 2.45) is 0 Å². The minimum Gasteiger partial charge on any atom is -0.497 e. The molecule has 3 rings (SSSR count). The van der Waals surface area contributed by atoms with Gasteiger partial charge in [0.25, 0.3) is 0 Å². The second-order valence-electron chi connectivity index (χ2n) is 7.43. The van der Waals surface area contributed by atoms with Crippen molar-refractivity contribution in [3.63, 3.8) is 0 Å². The second kappa shape index (κ2) is 9.05. The van der Waals surface area contributed by atoms with Gasteiger partial charge in [0.15, 0.2) is 0 Å². The molecule has 154 valence electrons. The Morgan fingerprint density at radius 3 is 2.36 bits per heavy atom. The zero-order valence-electron chi connectivity index (χ0n) is 16.3. The number of rotatable bonds is 6. The summed E-state index contributed by atoms with van der Waals surface area (Å²) in [6, 6.07) is 7.77. The van der Waals surface area contributed by atoms with E-state index < -0.39 is 10.0 Å². The maximum Gasteiger partial charge on any atom is 0.229 e. The number of carbonyl (C=O) groups is 2. The van der Waals surface area contributed by atoms with Crippen LogP contribution in [0.5, 0.6) is 5.75 Å². The molecule has 0 bridgehead atoms. The van der Waals surface area contributed by atoms with Crippen molar-refractivity contribution in [1.82, 2.24) is 9.21 Å². The molecule has 0 aliphatic carbocycles. The van der Waals surface area contributed by atoms with E-state index in [1.54, 1.807) is 7.11 Å². The number of carbonyl (C=O) groups excluding carboxylic acids is 2. The molecule has 0 spiro atoms. The normalized spacial score (nSPS) is 22.2. The molecular weight excluding hydrogens is 380 g/mol. The summed E-state index contributed by atoms with van der Waals surface area (Å²) in [5, 5.41) is 0. The zero-order valence-corrected chi connectivity index (χ0v) is 17.1. The zero-order chi connectivity index (χ0) is 20.1. The van der Waals surface area contributed by atoms with Crippen molar-refractivity contribution in [2.75, 3.05) is 32.5 Å². The third-order valence-corrected chi connectivity index (χ3v) is 7.39. The highest BCUT2D eigenvalue weighted by atomic mass is 32.2. The summed E-state index contributed by atoms with van der Waals surface area (Å²) in [4.78, 5) is 25.0. The molecule has 8 heteroatoms. The third kappa shape index (κ3) is 4.91. The maximum absolute atomic E-state index is 12.9. The monoisotopic (exact) mass is 408 g/mol. The van der Waals surface area contributed by atoms with Gasteiger partial charge in [-0.05, 0) is 42.9 Å². The first-order chi connectivity index (χ1) is 13.4. The highest BCUT2D eigenvalue weighted by Crippen LogP contribution is 2.29. The van der Waals surface area contributed by atoms with Gasteiger partial charge in [-0.15, -0.1) is 0 Å². The van der Waals surface area contributed by atoms with E-state index in [1.807, 2.05) is 24.3 Å². The lowest BCUT2D eigenvalue weighted by Gasteiger charge is -2.28. The third-order valence-electron chi connectivity index (χ3n) is 5.57. The van der Waals surface area contributed by atoms with Crippen molar-refractivity contribution in [3.05, 3.63) is 29.8 Å². The van der Waals surface area contributed by atoms with Gasteiger partial charge < -0.3 is 4.74 Å². The lowest BCUT2D eigenvalue weighted by molar-refractivity contribution is -0.147. The molecule has 2 aliphatic rings. The topological polar surface area (TPSA) is 84.0 Å². The molecule has 1 unspecified atom stereocenters. The van der Waals surface area contributed by atoms with Gasteiger partial charge in [0.1, 0.15) is 5.75 Å². The average molecular weight is 409 g/mol. The summed E-state index contributed by atoms with van der Waals surface area (Å²) >= 11 is 0. The summed E-state index contributed by atoms with van der Waals surface area (Å²) in [6.07, 6.45) is 3.89. The molecule has 2 fully saturated rings. The molecule has 1 atom stereocenters. The molecule has 1 aromatic rings. The summed E-state index contributed by atoms with van der Waals surface area (Å²) in [5.41, 5.74) is 1.10. The molecule has 2 saturated heterocycles. The minimum atomic E-state index is -3.54. The minimum absolute atomic E-state index is 0.0519. The highest BCUT2D eigenvalue weighted by molar-refractivity contribution is 7.89. The Morgan fingerprint density at radius 1 is 1.04 bits per heavy atom. The van der Waals surface area contributed by atoms with Crippen LogP contribution in [0.3, 0.4) is 0 Å². The molecule has 7 nitrogen and oxygen atoms in total. The Balaban J connectivity index is 1.67. The Bertz CT molecular complexity index is 790.